The lowest BCUT2D eigenvalue weighted by atomic mass is 9.74. The molecule has 0 bridgehead atoms. The van der Waals surface area contributed by atoms with E-state index in [4.69, 9.17) is 4.74 Å². The third kappa shape index (κ3) is 3.36. The molecule has 19 heavy (non-hydrogen) atoms. The van der Waals surface area contributed by atoms with Crippen LogP contribution in [-0.2, 0) is 11.2 Å². The molecule has 1 atom stereocenters. The maximum atomic E-state index is 5.97. The third-order valence-electron chi connectivity index (χ3n) is 4.59. The maximum Gasteiger partial charge on any atom is 0.0897 e. The Balaban J connectivity index is 2.10. The van der Waals surface area contributed by atoms with Crippen LogP contribution >= 0.6 is 11.3 Å². The summed E-state index contributed by atoms with van der Waals surface area (Å²) in [6, 6.07) is 0.353. The summed E-state index contributed by atoms with van der Waals surface area (Å²) in [6.07, 6.45) is 5.80. The fraction of sp³-hybridized carbons (Fsp3) is 0.800. The lowest BCUT2D eigenvalue weighted by molar-refractivity contribution is -0.0732. The van der Waals surface area contributed by atoms with E-state index in [0.717, 1.165) is 30.2 Å². The highest BCUT2D eigenvalue weighted by Gasteiger charge is 2.41. The molecule has 0 spiro atoms. The quantitative estimate of drug-likeness (QED) is 0.900. The number of aryl methyl sites for hydroxylation is 1. The lowest BCUT2D eigenvalue weighted by Crippen LogP contribution is -2.54. The van der Waals surface area contributed by atoms with E-state index in [0.29, 0.717) is 6.04 Å². The maximum absolute atomic E-state index is 5.97. The van der Waals surface area contributed by atoms with Crippen LogP contribution in [0, 0.1) is 12.8 Å². The van der Waals surface area contributed by atoms with E-state index in [9.17, 15) is 0 Å². The zero-order chi connectivity index (χ0) is 13.9. The van der Waals surface area contributed by atoms with E-state index in [1.807, 2.05) is 14.2 Å². The predicted molar refractivity (Wildman–Crippen MR) is 80.8 cm³/mol. The molecule has 2 rings (SSSR count). The Morgan fingerprint density at radius 1 is 1.53 bits per heavy atom. The summed E-state index contributed by atoms with van der Waals surface area (Å²) in [5, 5.41) is 6.80. The normalized spacial score (nSPS) is 29.4. The van der Waals surface area contributed by atoms with Crippen LogP contribution in [0.1, 0.15) is 43.3 Å². The summed E-state index contributed by atoms with van der Waals surface area (Å²) in [7, 11) is 3.91. The first kappa shape index (κ1) is 14.9. The lowest BCUT2D eigenvalue weighted by Gasteiger charge is -2.44. The number of methoxy groups -OCH3 is 1. The average molecular weight is 282 g/mol. The molecular formula is C15H26N2OS. The van der Waals surface area contributed by atoms with E-state index in [1.165, 1.54) is 18.5 Å². The van der Waals surface area contributed by atoms with Crippen molar-refractivity contribution in [3.8, 4) is 0 Å². The molecular weight excluding hydrogens is 256 g/mol. The molecule has 0 aliphatic heterocycles. The van der Waals surface area contributed by atoms with E-state index in [-0.39, 0.29) is 5.60 Å². The van der Waals surface area contributed by atoms with Crippen LogP contribution in [0.25, 0.3) is 0 Å². The van der Waals surface area contributed by atoms with E-state index in [1.54, 1.807) is 11.3 Å². The number of aromatic nitrogens is 1. The van der Waals surface area contributed by atoms with Gasteiger partial charge in [-0.2, -0.15) is 0 Å². The molecule has 1 N–H and O–H groups in total. The van der Waals surface area contributed by atoms with Crippen molar-refractivity contribution in [2.75, 3.05) is 14.2 Å². The minimum atomic E-state index is -0.0151. The van der Waals surface area contributed by atoms with Crippen LogP contribution in [0.2, 0.25) is 0 Å². The molecule has 0 radical (unpaired) electrons. The molecule has 1 unspecified atom stereocenters. The molecule has 1 aromatic rings. The Bertz CT molecular complexity index is 397. The first-order valence-electron chi connectivity index (χ1n) is 7.23. The van der Waals surface area contributed by atoms with Crippen LogP contribution in [0.4, 0.5) is 0 Å². The Hall–Kier alpha value is -0.450. The molecule has 0 saturated heterocycles. The minimum absolute atomic E-state index is 0.0151. The van der Waals surface area contributed by atoms with Gasteiger partial charge in [0.15, 0.2) is 0 Å². The van der Waals surface area contributed by atoms with Gasteiger partial charge in [-0.1, -0.05) is 6.92 Å². The summed E-state index contributed by atoms with van der Waals surface area (Å²) < 4.78 is 5.97. The van der Waals surface area contributed by atoms with Crippen molar-refractivity contribution in [2.24, 2.45) is 5.92 Å². The van der Waals surface area contributed by atoms with Crippen LogP contribution < -0.4 is 5.32 Å². The predicted octanol–water partition coefficient (Wildman–Crippen LogP) is 3.18. The second-order valence-corrected chi connectivity index (χ2v) is 6.92. The van der Waals surface area contributed by atoms with Gasteiger partial charge in [0, 0.05) is 25.0 Å². The smallest absolute Gasteiger partial charge is 0.0897 e. The molecule has 3 nitrogen and oxygen atoms in total. The number of nitrogens with zero attached hydrogens (tertiary/aromatic N) is 1. The van der Waals surface area contributed by atoms with Crippen molar-refractivity contribution in [1.29, 1.82) is 0 Å². The topological polar surface area (TPSA) is 34.2 Å². The van der Waals surface area contributed by atoms with Crippen molar-refractivity contribution in [2.45, 2.75) is 57.6 Å². The molecule has 1 aromatic heterocycles. The molecule has 4 heteroatoms. The molecule has 108 valence electrons. The highest BCUT2D eigenvalue weighted by atomic mass is 32.1. The standard InChI is InChI=1S/C15H26N2OS/c1-11-5-7-15(18-4,8-6-11)14(16-3)9-13-10-19-12(2)17-13/h10-11,14,16H,5-9H2,1-4H3. The number of thiazole rings is 1. The Labute approximate surface area is 120 Å². The highest BCUT2D eigenvalue weighted by Crippen LogP contribution is 2.37. The zero-order valence-electron chi connectivity index (χ0n) is 12.5. The van der Waals surface area contributed by atoms with Crippen molar-refractivity contribution < 1.29 is 4.74 Å². The third-order valence-corrected chi connectivity index (χ3v) is 5.41. The van der Waals surface area contributed by atoms with E-state index >= 15 is 0 Å². The Morgan fingerprint density at radius 3 is 2.68 bits per heavy atom. The Morgan fingerprint density at radius 2 is 2.21 bits per heavy atom. The molecule has 0 amide bonds. The van der Waals surface area contributed by atoms with E-state index in [2.05, 4.69) is 29.5 Å². The van der Waals surface area contributed by atoms with Gasteiger partial charge >= 0.3 is 0 Å². The summed E-state index contributed by atoms with van der Waals surface area (Å²) in [5.74, 6) is 0.835. The molecule has 1 aliphatic carbocycles. The molecule has 1 aliphatic rings. The molecule has 1 fully saturated rings. The van der Waals surface area contributed by atoms with Gasteiger partial charge in [-0.15, -0.1) is 11.3 Å². The second-order valence-electron chi connectivity index (χ2n) is 5.85. The fourth-order valence-corrected chi connectivity index (χ4v) is 3.83. The van der Waals surface area contributed by atoms with Crippen LogP contribution in [-0.4, -0.2) is 30.8 Å². The SMILES string of the molecule is CNC(Cc1csc(C)n1)C1(OC)CCC(C)CC1. The summed E-state index contributed by atoms with van der Waals surface area (Å²) in [4.78, 5) is 4.60. The van der Waals surface area contributed by atoms with Crippen molar-refractivity contribution >= 4 is 11.3 Å². The summed E-state index contributed by atoms with van der Waals surface area (Å²) in [5.41, 5.74) is 1.18. The Kier molecular flexibility index (Phi) is 4.98. The number of hydrogen-bond donors (Lipinski definition) is 1. The first-order valence-corrected chi connectivity index (χ1v) is 8.11. The number of rotatable bonds is 5. The fourth-order valence-electron chi connectivity index (χ4n) is 3.21. The van der Waals surface area contributed by atoms with Gasteiger partial charge in [0.2, 0.25) is 0 Å². The summed E-state index contributed by atoms with van der Waals surface area (Å²) >= 11 is 1.73. The number of hydrogen-bond acceptors (Lipinski definition) is 4. The van der Waals surface area contributed by atoms with Crippen molar-refractivity contribution in [3.05, 3.63) is 16.1 Å². The van der Waals surface area contributed by atoms with Gasteiger partial charge in [-0.05, 0) is 45.6 Å². The van der Waals surface area contributed by atoms with Crippen molar-refractivity contribution in [1.82, 2.24) is 10.3 Å². The van der Waals surface area contributed by atoms with Gasteiger partial charge in [-0.3, -0.25) is 0 Å². The number of likely N-dealkylation sites (N-methyl/N-ethyl adjacent to an activating group) is 1. The molecule has 1 heterocycles. The summed E-state index contributed by atoms with van der Waals surface area (Å²) in [6.45, 7) is 4.41. The van der Waals surface area contributed by atoms with E-state index < -0.39 is 0 Å². The van der Waals surface area contributed by atoms with Gasteiger partial charge in [0.05, 0.1) is 16.3 Å². The highest BCUT2D eigenvalue weighted by molar-refractivity contribution is 7.09. The largest absolute Gasteiger partial charge is 0.377 e. The second kappa shape index (κ2) is 6.33. The number of nitrogens with one attached hydrogen (secondary N) is 1. The van der Waals surface area contributed by atoms with Gasteiger partial charge in [0.25, 0.3) is 0 Å². The van der Waals surface area contributed by atoms with Crippen LogP contribution in [0.15, 0.2) is 5.38 Å². The zero-order valence-corrected chi connectivity index (χ0v) is 13.3. The molecule has 1 saturated carbocycles. The van der Waals surface area contributed by atoms with Gasteiger partial charge < -0.3 is 10.1 Å². The van der Waals surface area contributed by atoms with Gasteiger partial charge in [-0.25, -0.2) is 4.98 Å². The number of ether oxygens (including phenoxy) is 1. The van der Waals surface area contributed by atoms with Crippen LogP contribution in [0.5, 0.6) is 0 Å². The monoisotopic (exact) mass is 282 g/mol. The minimum Gasteiger partial charge on any atom is -0.377 e. The first-order chi connectivity index (χ1) is 9.09. The van der Waals surface area contributed by atoms with Crippen LogP contribution in [0.3, 0.4) is 0 Å². The molecule has 0 aromatic carbocycles. The van der Waals surface area contributed by atoms with Crippen molar-refractivity contribution in [3.63, 3.8) is 0 Å². The average Bonchev–Trinajstić information content (AvgIpc) is 2.83. The van der Waals surface area contributed by atoms with Gasteiger partial charge in [0.1, 0.15) is 0 Å².